The first-order valence-corrected chi connectivity index (χ1v) is 10.8. The lowest BCUT2D eigenvalue weighted by Gasteiger charge is -2.16. The van der Waals surface area contributed by atoms with E-state index in [4.69, 9.17) is 23.2 Å². The van der Waals surface area contributed by atoms with Gasteiger partial charge >= 0.3 is 0 Å². The number of benzene rings is 4. The fourth-order valence-corrected chi connectivity index (χ4v) is 4.40. The lowest BCUT2D eigenvalue weighted by Crippen LogP contribution is -1.96. The van der Waals surface area contributed by atoms with E-state index in [0.717, 1.165) is 32.8 Å². The summed E-state index contributed by atoms with van der Waals surface area (Å²) in [7, 11) is 0. The summed E-state index contributed by atoms with van der Waals surface area (Å²) >= 11 is 13.7. The summed E-state index contributed by atoms with van der Waals surface area (Å²) in [4.78, 5) is 0.830. The van der Waals surface area contributed by atoms with Crippen LogP contribution in [0.4, 0.5) is 5.69 Å². The van der Waals surface area contributed by atoms with Gasteiger partial charge in [-0.25, -0.2) is 0 Å². The molecule has 0 aliphatic rings. The van der Waals surface area contributed by atoms with Gasteiger partial charge in [0.2, 0.25) is 0 Å². The van der Waals surface area contributed by atoms with Crippen LogP contribution in [0.1, 0.15) is 5.56 Å². The van der Waals surface area contributed by atoms with Gasteiger partial charge in [0.15, 0.2) is 0 Å². The SMILES string of the molecule is N#Cc1cc(-c2ccccc2)cc(-c2ccccc2)c1NSc1ccc(Cl)cc1Cl. The average Bonchev–Trinajstić information content (AvgIpc) is 2.79. The second kappa shape index (κ2) is 9.28. The zero-order chi connectivity index (χ0) is 20.9. The van der Waals surface area contributed by atoms with Crippen molar-refractivity contribution < 1.29 is 0 Å². The molecule has 0 heterocycles. The third-order valence-corrected chi connectivity index (χ3v) is 6.15. The van der Waals surface area contributed by atoms with Crippen LogP contribution in [0.15, 0.2) is 95.9 Å². The van der Waals surface area contributed by atoms with Gasteiger partial charge in [0.25, 0.3) is 0 Å². The monoisotopic (exact) mass is 446 g/mol. The number of nitrogens with one attached hydrogen (secondary N) is 1. The number of nitriles is 1. The first kappa shape index (κ1) is 20.4. The summed E-state index contributed by atoms with van der Waals surface area (Å²) in [5.74, 6) is 0. The summed E-state index contributed by atoms with van der Waals surface area (Å²) in [6.07, 6.45) is 0. The lowest BCUT2D eigenvalue weighted by molar-refractivity contribution is 1.45. The minimum Gasteiger partial charge on any atom is -0.324 e. The quantitative estimate of drug-likeness (QED) is 0.313. The van der Waals surface area contributed by atoms with E-state index in [1.165, 1.54) is 11.9 Å². The minimum atomic E-state index is 0.556. The van der Waals surface area contributed by atoms with Crippen LogP contribution < -0.4 is 4.72 Å². The second-order valence-electron chi connectivity index (χ2n) is 6.57. The largest absolute Gasteiger partial charge is 0.324 e. The Morgan fingerprint density at radius 1 is 0.733 bits per heavy atom. The minimum absolute atomic E-state index is 0.556. The zero-order valence-corrected chi connectivity index (χ0v) is 18.1. The molecule has 0 amide bonds. The highest BCUT2D eigenvalue weighted by molar-refractivity contribution is 8.00. The van der Waals surface area contributed by atoms with E-state index >= 15 is 0 Å². The van der Waals surface area contributed by atoms with Gasteiger partial charge < -0.3 is 4.72 Å². The van der Waals surface area contributed by atoms with Crippen molar-refractivity contribution in [3.05, 3.63) is 107 Å². The molecule has 0 aliphatic carbocycles. The molecular formula is C25H16Cl2N2S. The third-order valence-electron chi connectivity index (χ3n) is 4.61. The molecule has 0 bridgehead atoms. The number of anilines is 1. The van der Waals surface area contributed by atoms with Crippen LogP contribution in [-0.2, 0) is 0 Å². The van der Waals surface area contributed by atoms with Gasteiger partial charge in [0.1, 0.15) is 6.07 Å². The maximum absolute atomic E-state index is 9.91. The Hall–Kier alpha value is -2.90. The van der Waals surface area contributed by atoms with Gasteiger partial charge in [0.05, 0.1) is 16.3 Å². The fraction of sp³-hybridized carbons (Fsp3) is 0. The number of rotatable bonds is 5. The molecule has 0 unspecified atom stereocenters. The molecule has 0 radical (unpaired) electrons. The van der Waals surface area contributed by atoms with E-state index in [9.17, 15) is 5.26 Å². The number of nitrogens with zero attached hydrogens (tertiary/aromatic N) is 1. The molecule has 0 spiro atoms. The maximum atomic E-state index is 9.91. The highest BCUT2D eigenvalue weighted by Crippen LogP contribution is 2.39. The molecule has 0 saturated heterocycles. The molecular weight excluding hydrogens is 431 g/mol. The molecule has 30 heavy (non-hydrogen) atoms. The Morgan fingerprint density at radius 3 is 2.03 bits per heavy atom. The highest BCUT2D eigenvalue weighted by atomic mass is 35.5. The molecule has 4 aromatic rings. The molecule has 0 fully saturated rings. The molecule has 0 aliphatic heterocycles. The van der Waals surface area contributed by atoms with E-state index in [-0.39, 0.29) is 0 Å². The van der Waals surface area contributed by atoms with Gasteiger partial charge in [-0.2, -0.15) is 5.26 Å². The number of hydrogen-bond acceptors (Lipinski definition) is 3. The topological polar surface area (TPSA) is 35.8 Å². The van der Waals surface area contributed by atoms with Crippen molar-refractivity contribution in [2.75, 3.05) is 4.72 Å². The van der Waals surface area contributed by atoms with Crippen molar-refractivity contribution in [1.82, 2.24) is 0 Å². The summed E-state index contributed by atoms with van der Waals surface area (Å²) in [6.45, 7) is 0. The lowest BCUT2D eigenvalue weighted by atomic mass is 9.94. The number of halogens is 2. The Kier molecular flexibility index (Phi) is 6.30. The maximum Gasteiger partial charge on any atom is 0.101 e. The van der Waals surface area contributed by atoms with E-state index in [1.54, 1.807) is 12.1 Å². The molecule has 5 heteroatoms. The Bertz CT molecular complexity index is 1220. The van der Waals surface area contributed by atoms with Crippen molar-refractivity contribution in [2.24, 2.45) is 0 Å². The van der Waals surface area contributed by atoms with Gasteiger partial charge in [0, 0.05) is 15.5 Å². The van der Waals surface area contributed by atoms with Crippen LogP contribution >= 0.6 is 35.1 Å². The molecule has 2 nitrogen and oxygen atoms in total. The number of hydrogen-bond donors (Lipinski definition) is 1. The van der Waals surface area contributed by atoms with Gasteiger partial charge in [-0.3, -0.25) is 0 Å². The van der Waals surface area contributed by atoms with E-state index in [0.29, 0.717) is 15.6 Å². The average molecular weight is 447 g/mol. The van der Waals surface area contributed by atoms with Crippen molar-refractivity contribution in [3.8, 4) is 28.3 Å². The fourth-order valence-electron chi connectivity index (χ4n) is 3.15. The van der Waals surface area contributed by atoms with Crippen LogP contribution in [-0.4, -0.2) is 0 Å². The van der Waals surface area contributed by atoms with E-state index in [1.807, 2.05) is 72.8 Å². The Morgan fingerprint density at radius 2 is 1.40 bits per heavy atom. The molecule has 146 valence electrons. The smallest absolute Gasteiger partial charge is 0.101 e. The normalized spacial score (nSPS) is 10.4. The molecule has 0 atom stereocenters. The van der Waals surface area contributed by atoms with Crippen molar-refractivity contribution in [2.45, 2.75) is 4.90 Å². The van der Waals surface area contributed by atoms with Crippen LogP contribution in [0.25, 0.3) is 22.3 Å². The van der Waals surface area contributed by atoms with E-state index < -0.39 is 0 Å². The predicted octanol–water partition coefficient (Wildman–Crippen LogP) is 8.32. The molecule has 0 saturated carbocycles. The van der Waals surface area contributed by atoms with Gasteiger partial charge in [-0.05, 0) is 59.0 Å². The van der Waals surface area contributed by atoms with Gasteiger partial charge in [-0.1, -0.05) is 83.9 Å². The van der Waals surface area contributed by atoms with Crippen LogP contribution in [0.5, 0.6) is 0 Å². The first-order valence-electron chi connectivity index (χ1n) is 9.22. The van der Waals surface area contributed by atoms with Crippen molar-refractivity contribution >= 4 is 40.8 Å². The zero-order valence-electron chi connectivity index (χ0n) is 15.8. The standard InChI is InChI=1S/C25H16Cl2N2S/c26-21-11-12-24(23(27)15-21)30-29-25-20(16-28)13-19(17-7-3-1-4-8-17)14-22(25)18-9-5-2-6-10-18/h1-15,29H. The van der Waals surface area contributed by atoms with Crippen LogP contribution in [0.3, 0.4) is 0 Å². The van der Waals surface area contributed by atoms with Crippen molar-refractivity contribution in [1.29, 1.82) is 5.26 Å². The molecule has 4 rings (SSSR count). The molecule has 4 aromatic carbocycles. The summed E-state index contributed by atoms with van der Waals surface area (Å²) < 4.78 is 3.35. The van der Waals surface area contributed by atoms with Crippen LogP contribution in [0, 0.1) is 11.3 Å². The van der Waals surface area contributed by atoms with Crippen molar-refractivity contribution in [3.63, 3.8) is 0 Å². The third kappa shape index (κ3) is 4.47. The summed E-state index contributed by atoms with van der Waals surface area (Å²) in [6, 6.07) is 31.8. The van der Waals surface area contributed by atoms with Gasteiger partial charge in [-0.15, -0.1) is 0 Å². The molecule has 1 N–H and O–H groups in total. The first-order chi connectivity index (χ1) is 14.7. The second-order valence-corrected chi connectivity index (χ2v) is 8.26. The van der Waals surface area contributed by atoms with Crippen LogP contribution in [0.2, 0.25) is 10.0 Å². The van der Waals surface area contributed by atoms with E-state index in [2.05, 4.69) is 16.9 Å². The Labute approximate surface area is 190 Å². The predicted molar refractivity (Wildman–Crippen MR) is 128 cm³/mol. The Balaban J connectivity index is 1.81. The summed E-state index contributed by atoms with van der Waals surface area (Å²) in [5.41, 5.74) is 5.34. The highest BCUT2D eigenvalue weighted by Gasteiger charge is 2.15. The molecule has 0 aromatic heterocycles. The summed E-state index contributed by atoms with van der Waals surface area (Å²) in [5, 5.41) is 11.0.